The molecule has 0 saturated carbocycles. The van der Waals surface area contributed by atoms with Crippen molar-refractivity contribution in [3.05, 3.63) is 76.0 Å². The van der Waals surface area contributed by atoms with E-state index in [0.717, 1.165) is 11.4 Å². The number of rotatable bonds is 4. The highest BCUT2D eigenvalue weighted by Crippen LogP contribution is 2.27. The fourth-order valence-corrected chi connectivity index (χ4v) is 3.59. The Morgan fingerprint density at radius 2 is 2.04 bits per heavy atom. The van der Waals surface area contributed by atoms with Crippen LogP contribution >= 0.6 is 11.3 Å². The van der Waals surface area contributed by atoms with Crippen LogP contribution in [-0.4, -0.2) is 24.1 Å². The molecule has 4 aromatic rings. The van der Waals surface area contributed by atoms with Gasteiger partial charge in [0.05, 0.1) is 0 Å². The Hall–Kier alpha value is -3.07. The molecule has 0 aliphatic heterocycles. The second-order valence-electron chi connectivity index (χ2n) is 5.86. The fourth-order valence-electron chi connectivity index (χ4n) is 2.71. The summed E-state index contributed by atoms with van der Waals surface area (Å²) in [6.45, 7) is 1.77. The van der Waals surface area contributed by atoms with Gasteiger partial charge in [0, 0.05) is 31.2 Å². The van der Waals surface area contributed by atoms with Gasteiger partial charge in [-0.15, -0.1) is 5.10 Å². The molecule has 132 valence electrons. The number of nitrogens with zero attached hydrogens (tertiary/aromatic N) is 5. The number of hydrogen-bond acceptors (Lipinski definition) is 6. The highest BCUT2D eigenvalue weighted by atomic mass is 32.1. The van der Waals surface area contributed by atoms with Crippen molar-refractivity contribution in [2.24, 2.45) is 7.05 Å². The predicted molar refractivity (Wildman–Crippen MR) is 96.9 cm³/mol. The van der Waals surface area contributed by atoms with E-state index >= 15 is 0 Å². The number of imidazole rings is 1. The van der Waals surface area contributed by atoms with Crippen LogP contribution in [-0.2, 0) is 7.05 Å². The van der Waals surface area contributed by atoms with E-state index in [1.807, 2.05) is 17.8 Å². The molecule has 0 spiro atoms. The summed E-state index contributed by atoms with van der Waals surface area (Å²) in [4.78, 5) is 21.3. The molecule has 0 bridgehead atoms. The molecule has 0 fully saturated rings. The van der Waals surface area contributed by atoms with Gasteiger partial charge in [0.15, 0.2) is 0 Å². The molecule has 1 aromatic carbocycles. The summed E-state index contributed by atoms with van der Waals surface area (Å²) in [6, 6.07) is 7.29. The Morgan fingerprint density at radius 1 is 1.27 bits per heavy atom. The van der Waals surface area contributed by atoms with Gasteiger partial charge in [0.1, 0.15) is 17.7 Å². The van der Waals surface area contributed by atoms with Crippen molar-refractivity contribution in [2.45, 2.75) is 13.0 Å². The lowest BCUT2D eigenvalue weighted by molar-refractivity contribution is 0.626. The smallest absolute Gasteiger partial charge is 0.275 e. The van der Waals surface area contributed by atoms with Crippen LogP contribution in [0.15, 0.2) is 47.5 Å². The molecule has 9 heteroatoms. The van der Waals surface area contributed by atoms with Crippen molar-refractivity contribution in [3.63, 3.8) is 0 Å². The highest BCUT2D eigenvalue weighted by molar-refractivity contribution is 7.20. The molecule has 0 radical (unpaired) electrons. The maximum Gasteiger partial charge on any atom is 0.275 e. The average molecular weight is 370 g/mol. The van der Waals surface area contributed by atoms with Crippen molar-refractivity contribution in [1.82, 2.24) is 24.1 Å². The van der Waals surface area contributed by atoms with Crippen LogP contribution in [0.1, 0.15) is 23.1 Å². The molecule has 0 aliphatic rings. The van der Waals surface area contributed by atoms with Crippen molar-refractivity contribution < 1.29 is 4.39 Å². The summed E-state index contributed by atoms with van der Waals surface area (Å²) in [5, 5.41) is 8.14. The van der Waals surface area contributed by atoms with Gasteiger partial charge in [-0.25, -0.2) is 14.4 Å². The van der Waals surface area contributed by atoms with Gasteiger partial charge in [0.2, 0.25) is 10.1 Å². The van der Waals surface area contributed by atoms with E-state index in [1.54, 1.807) is 25.3 Å². The van der Waals surface area contributed by atoms with E-state index in [9.17, 15) is 9.18 Å². The Kier molecular flexibility index (Phi) is 4.00. The summed E-state index contributed by atoms with van der Waals surface area (Å²) in [6.07, 6.45) is 3.53. The van der Waals surface area contributed by atoms with Gasteiger partial charge in [-0.1, -0.05) is 23.5 Å². The number of aromatic nitrogens is 5. The average Bonchev–Trinajstić information content (AvgIpc) is 3.19. The second kappa shape index (κ2) is 6.34. The van der Waals surface area contributed by atoms with E-state index in [1.165, 1.54) is 34.1 Å². The van der Waals surface area contributed by atoms with Crippen LogP contribution in [0.2, 0.25) is 0 Å². The van der Waals surface area contributed by atoms with Crippen molar-refractivity contribution in [2.75, 3.05) is 5.32 Å². The first-order chi connectivity index (χ1) is 12.5. The number of hydrogen-bond donors (Lipinski definition) is 1. The molecule has 0 aliphatic carbocycles. The van der Waals surface area contributed by atoms with Crippen LogP contribution in [0.5, 0.6) is 0 Å². The minimum absolute atomic E-state index is 0.230. The largest absolute Gasteiger partial charge is 0.346 e. The van der Waals surface area contributed by atoms with Crippen molar-refractivity contribution in [1.29, 1.82) is 0 Å². The zero-order chi connectivity index (χ0) is 18.3. The first-order valence-electron chi connectivity index (χ1n) is 7.88. The number of fused-ring (bicyclic) bond motifs is 1. The maximum absolute atomic E-state index is 13.3. The standard InChI is InChI=1S/C17H15FN6OS/c1-10-9-13(25)24-17(20-10)26-16(22-24)21-14(15-19-7-8-23(15)2)11-3-5-12(18)6-4-11/h3-9,14H,1-2H3,(H,21,22)/t14-/m1/s1. The summed E-state index contributed by atoms with van der Waals surface area (Å²) < 4.78 is 16.5. The van der Waals surface area contributed by atoms with Crippen molar-refractivity contribution in [3.8, 4) is 0 Å². The normalized spacial score (nSPS) is 12.4. The van der Waals surface area contributed by atoms with Crippen molar-refractivity contribution >= 4 is 21.4 Å². The maximum atomic E-state index is 13.3. The quantitative estimate of drug-likeness (QED) is 0.597. The first-order valence-corrected chi connectivity index (χ1v) is 8.69. The predicted octanol–water partition coefficient (Wildman–Crippen LogP) is 2.53. The zero-order valence-electron chi connectivity index (χ0n) is 14.0. The summed E-state index contributed by atoms with van der Waals surface area (Å²) in [7, 11) is 1.88. The molecule has 0 unspecified atom stereocenters. The number of anilines is 1. The van der Waals surface area contributed by atoms with E-state index in [2.05, 4.69) is 20.4 Å². The molecule has 3 heterocycles. The molecule has 7 nitrogen and oxygen atoms in total. The van der Waals surface area contributed by atoms with E-state index in [4.69, 9.17) is 0 Å². The monoisotopic (exact) mass is 370 g/mol. The van der Waals surface area contributed by atoms with Gasteiger partial charge in [0.25, 0.3) is 5.56 Å². The zero-order valence-corrected chi connectivity index (χ0v) is 14.9. The lowest BCUT2D eigenvalue weighted by Gasteiger charge is -2.18. The lowest BCUT2D eigenvalue weighted by Crippen LogP contribution is -2.18. The molecule has 3 aromatic heterocycles. The molecule has 26 heavy (non-hydrogen) atoms. The Morgan fingerprint density at radius 3 is 2.73 bits per heavy atom. The molecule has 1 atom stereocenters. The van der Waals surface area contributed by atoms with Gasteiger partial charge >= 0.3 is 0 Å². The molecule has 0 amide bonds. The fraction of sp³-hybridized carbons (Fsp3) is 0.176. The van der Waals surface area contributed by atoms with Gasteiger partial charge < -0.3 is 9.88 Å². The molecule has 1 N–H and O–H groups in total. The van der Waals surface area contributed by atoms with E-state index < -0.39 is 0 Å². The number of benzene rings is 1. The van der Waals surface area contributed by atoms with E-state index in [0.29, 0.717) is 15.8 Å². The SMILES string of the molecule is Cc1cc(=O)n2nc(N[C@H](c3ccc(F)cc3)c3nccn3C)sc2n1. The molecule has 0 saturated heterocycles. The van der Waals surface area contributed by atoms with Gasteiger partial charge in [-0.2, -0.15) is 4.52 Å². The van der Waals surface area contributed by atoms with Gasteiger partial charge in [-0.05, 0) is 24.6 Å². The number of aryl methyl sites for hydroxylation is 2. The molecular formula is C17H15FN6OS. The number of halogens is 1. The second-order valence-corrected chi connectivity index (χ2v) is 6.82. The Labute approximate surface area is 151 Å². The third-order valence-corrected chi connectivity index (χ3v) is 4.80. The Balaban J connectivity index is 1.78. The minimum atomic E-state index is -0.354. The topological polar surface area (TPSA) is 77.1 Å². The third-order valence-electron chi connectivity index (χ3n) is 3.96. The third kappa shape index (κ3) is 2.97. The molecule has 4 rings (SSSR count). The first kappa shape index (κ1) is 16.4. The summed E-state index contributed by atoms with van der Waals surface area (Å²) in [5.74, 6) is 0.436. The van der Waals surface area contributed by atoms with E-state index in [-0.39, 0.29) is 17.4 Å². The van der Waals surface area contributed by atoms with Crippen LogP contribution < -0.4 is 10.9 Å². The summed E-state index contributed by atoms with van der Waals surface area (Å²) in [5.41, 5.74) is 1.24. The van der Waals surface area contributed by atoms with Crippen LogP contribution in [0.25, 0.3) is 4.96 Å². The lowest BCUT2D eigenvalue weighted by atomic mass is 10.1. The Bertz CT molecular complexity index is 1130. The number of nitrogens with one attached hydrogen (secondary N) is 1. The highest BCUT2D eigenvalue weighted by Gasteiger charge is 2.20. The van der Waals surface area contributed by atoms with Gasteiger partial charge in [-0.3, -0.25) is 4.79 Å². The van der Waals surface area contributed by atoms with Crippen LogP contribution in [0.4, 0.5) is 9.52 Å². The van der Waals surface area contributed by atoms with Crippen LogP contribution in [0.3, 0.4) is 0 Å². The van der Waals surface area contributed by atoms with Crippen LogP contribution in [0, 0.1) is 12.7 Å². The summed E-state index contributed by atoms with van der Waals surface area (Å²) >= 11 is 1.27. The minimum Gasteiger partial charge on any atom is -0.346 e. The molecular weight excluding hydrogens is 355 g/mol.